The molecule has 1 saturated heterocycles. The Morgan fingerprint density at radius 1 is 1.24 bits per heavy atom. The largest absolute Gasteiger partial charge is 0.573 e. The summed E-state index contributed by atoms with van der Waals surface area (Å²) in [7, 11) is 0. The smallest absolute Gasteiger partial charge is 0.488 e. The lowest BCUT2D eigenvalue weighted by molar-refractivity contribution is -0.274. The van der Waals surface area contributed by atoms with Crippen LogP contribution < -0.4 is 9.47 Å². The minimum atomic E-state index is -4.71. The molecule has 0 spiro atoms. The minimum Gasteiger partial charge on any atom is -0.488 e. The first kappa shape index (κ1) is 15.4. The zero-order chi connectivity index (χ0) is 15.5. The molecular weight excluding hydrogens is 291 g/mol. The van der Waals surface area contributed by atoms with E-state index in [0.29, 0.717) is 25.4 Å². The molecule has 1 aromatic carbocycles. The molecule has 0 aromatic heterocycles. The molecule has 1 aliphatic rings. The third-order valence-electron chi connectivity index (χ3n) is 2.93. The average molecular weight is 305 g/mol. The molecule has 0 atom stereocenters. The van der Waals surface area contributed by atoms with Gasteiger partial charge in [0.05, 0.1) is 6.42 Å². The molecule has 5 nitrogen and oxygen atoms in total. The maximum absolute atomic E-state index is 12.0. The van der Waals surface area contributed by atoms with Crippen molar-refractivity contribution in [3.8, 4) is 11.5 Å². The van der Waals surface area contributed by atoms with Crippen molar-refractivity contribution in [3.63, 3.8) is 0 Å². The lowest BCUT2D eigenvalue weighted by Gasteiger charge is -2.38. The third-order valence-corrected chi connectivity index (χ3v) is 2.93. The van der Waals surface area contributed by atoms with Crippen LogP contribution in [0, 0.1) is 0 Å². The fourth-order valence-electron chi connectivity index (χ4n) is 1.95. The Morgan fingerprint density at radius 3 is 2.33 bits per heavy atom. The molecular formula is C13H14F3NO4. The first-order valence-electron chi connectivity index (χ1n) is 6.28. The molecule has 1 aromatic rings. The number of carboxylic acid groups (broad SMARTS) is 1. The highest BCUT2D eigenvalue weighted by Crippen LogP contribution is 2.26. The summed E-state index contributed by atoms with van der Waals surface area (Å²) in [6.45, 7) is 1.68. The maximum atomic E-state index is 12.0. The van der Waals surface area contributed by atoms with Crippen LogP contribution in [0.25, 0.3) is 0 Å². The molecule has 0 radical (unpaired) electrons. The number of hydrogen-bond donors (Lipinski definition) is 1. The number of likely N-dealkylation sites (tertiary alicyclic amines) is 1. The molecule has 0 aliphatic carbocycles. The van der Waals surface area contributed by atoms with Crippen LogP contribution in [0.4, 0.5) is 13.2 Å². The number of hydrogen-bond acceptors (Lipinski definition) is 4. The summed E-state index contributed by atoms with van der Waals surface area (Å²) in [6, 6.07) is 5.18. The molecule has 0 saturated carbocycles. The van der Waals surface area contributed by atoms with E-state index in [1.165, 1.54) is 24.3 Å². The van der Waals surface area contributed by atoms with Gasteiger partial charge in [0.2, 0.25) is 0 Å². The molecule has 1 fully saturated rings. The Bertz CT molecular complexity index is 483. The summed E-state index contributed by atoms with van der Waals surface area (Å²) in [4.78, 5) is 12.3. The Labute approximate surface area is 118 Å². The van der Waals surface area contributed by atoms with Crippen molar-refractivity contribution in [2.75, 3.05) is 19.6 Å². The zero-order valence-electron chi connectivity index (χ0n) is 11.0. The first-order chi connectivity index (χ1) is 9.82. The SMILES string of the molecule is O=C(O)CCN1CC(Oc2ccc(OC(F)(F)F)cc2)C1. The van der Waals surface area contributed by atoms with Crippen molar-refractivity contribution in [3.05, 3.63) is 24.3 Å². The topological polar surface area (TPSA) is 59.0 Å². The van der Waals surface area contributed by atoms with E-state index in [9.17, 15) is 18.0 Å². The van der Waals surface area contributed by atoms with E-state index in [1.807, 2.05) is 4.90 Å². The van der Waals surface area contributed by atoms with Gasteiger partial charge in [-0.15, -0.1) is 13.2 Å². The summed E-state index contributed by atoms with van der Waals surface area (Å²) >= 11 is 0. The molecule has 1 heterocycles. The number of benzene rings is 1. The van der Waals surface area contributed by atoms with Crippen LogP contribution >= 0.6 is 0 Å². The van der Waals surface area contributed by atoms with E-state index in [0.717, 1.165) is 0 Å². The Morgan fingerprint density at radius 2 is 1.81 bits per heavy atom. The van der Waals surface area contributed by atoms with Crippen molar-refractivity contribution in [1.82, 2.24) is 4.90 Å². The van der Waals surface area contributed by atoms with Gasteiger partial charge >= 0.3 is 12.3 Å². The Hall–Kier alpha value is -1.96. The van der Waals surface area contributed by atoms with Gasteiger partial charge in [0.15, 0.2) is 0 Å². The molecule has 1 N–H and O–H groups in total. The van der Waals surface area contributed by atoms with Crippen molar-refractivity contribution < 1.29 is 32.5 Å². The van der Waals surface area contributed by atoms with Crippen molar-refractivity contribution in [2.24, 2.45) is 0 Å². The van der Waals surface area contributed by atoms with Gasteiger partial charge in [0.25, 0.3) is 0 Å². The quantitative estimate of drug-likeness (QED) is 0.872. The van der Waals surface area contributed by atoms with E-state index < -0.39 is 12.3 Å². The van der Waals surface area contributed by atoms with Gasteiger partial charge in [-0.3, -0.25) is 9.69 Å². The molecule has 0 unspecified atom stereocenters. The monoisotopic (exact) mass is 305 g/mol. The van der Waals surface area contributed by atoms with E-state index in [2.05, 4.69) is 4.74 Å². The van der Waals surface area contributed by atoms with Gasteiger partial charge in [-0.25, -0.2) is 0 Å². The number of nitrogens with zero attached hydrogens (tertiary/aromatic N) is 1. The Kier molecular flexibility index (Phi) is 4.56. The second kappa shape index (κ2) is 6.21. The van der Waals surface area contributed by atoms with E-state index in [-0.39, 0.29) is 18.3 Å². The summed E-state index contributed by atoms with van der Waals surface area (Å²) in [6.07, 6.45) is -4.70. The number of aliphatic carboxylic acids is 1. The number of halogens is 3. The minimum absolute atomic E-state index is 0.0758. The van der Waals surface area contributed by atoms with Crippen LogP contribution in [0.3, 0.4) is 0 Å². The van der Waals surface area contributed by atoms with Crippen LogP contribution in [-0.2, 0) is 4.79 Å². The van der Waals surface area contributed by atoms with Crippen molar-refractivity contribution in [2.45, 2.75) is 18.9 Å². The number of ether oxygens (including phenoxy) is 2. The van der Waals surface area contributed by atoms with Gasteiger partial charge in [-0.05, 0) is 24.3 Å². The number of rotatable bonds is 6. The highest BCUT2D eigenvalue weighted by molar-refractivity contribution is 5.66. The predicted molar refractivity (Wildman–Crippen MR) is 66.2 cm³/mol. The average Bonchev–Trinajstić information content (AvgIpc) is 2.31. The molecule has 2 rings (SSSR count). The van der Waals surface area contributed by atoms with Gasteiger partial charge < -0.3 is 14.6 Å². The number of carboxylic acids is 1. The maximum Gasteiger partial charge on any atom is 0.573 e. The third kappa shape index (κ3) is 5.14. The first-order valence-corrected chi connectivity index (χ1v) is 6.28. The Balaban J connectivity index is 1.74. The zero-order valence-corrected chi connectivity index (χ0v) is 11.0. The van der Waals surface area contributed by atoms with Crippen LogP contribution in [0.1, 0.15) is 6.42 Å². The highest BCUT2D eigenvalue weighted by Gasteiger charge is 2.31. The van der Waals surface area contributed by atoms with Gasteiger partial charge in [0, 0.05) is 19.6 Å². The van der Waals surface area contributed by atoms with Crippen molar-refractivity contribution >= 4 is 5.97 Å². The van der Waals surface area contributed by atoms with Crippen molar-refractivity contribution in [1.29, 1.82) is 0 Å². The second-order valence-corrected chi connectivity index (χ2v) is 4.66. The van der Waals surface area contributed by atoms with E-state index >= 15 is 0 Å². The van der Waals surface area contributed by atoms with E-state index in [1.54, 1.807) is 0 Å². The molecule has 116 valence electrons. The summed E-state index contributed by atoms with van der Waals surface area (Å²) in [5.74, 6) is -0.696. The predicted octanol–water partition coefficient (Wildman–Crippen LogP) is 2.12. The lowest BCUT2D eigenvalue weighted by Crippen LogP contribution is -2.54. The van der Waals surface area contributed by atoms with E-state index in [4.69, 9.17) is 9.84 Å². The molecule has 1 aliphatic heterocycles. The van der Waals surface area contributed by atoms with Crippen LogP contribution in [0.2, 0.25) is 0 Å². The molecule has 8 heteroatoms. The van der Waals surface area contributed by atoms with Crippen LogP contribution in [0.5, 0.6) is 11.5 Å². The summed E-state index contributed by atoms with van der Waals surface area (Å²) in [5.41, 5.74) is 0. The standard InChI is InChI=1S/C13H14F3NO4/c14-13(15,16)21-10-3-1-9(2-4-10)20-11-7-17(8-11)6-5-12(18)19/h1-4,11H,5-8H2,(H,18,19). The van der Waals surface area contributed by atoms with Gasteiger partial charge in [-0.2, -0.15) is 0 Å². The second-order valence-electron chi connectivity index (χ2n) is 4.66. The molecule has 21 heavy (non-hydrogen) atoms. The van der Waals surface area contributed by atoms with Crippen LogP contribution in [-0.4, -0.2) is 48.1 Å². The normalized spacial score (nSPS) is 16.3. The summed E-state index contributed by atoms with van der Waals surface area (Å²) in [5, 5.41) is 8.54. The fraction of sp³-hybridized carbons (Fsp3) is 0.462. The van der Waals surface area contributed by atoms with Gasteiger partial charge in [0.1, 0.15) is 17.6 Å². The fourth-order valence-corrected chi connectivity index (χ4v) is 1.95. The summed E-state index contributed by atoms with van der Waals surface area (Å²) < 4.78 is 45.3. The number of alkyl halides is 3. The lowest BCUT2D eigenvalue weighted by atomic mass is 10.1. The number of carbonyl (C=O) groups is 1. The molecule has 0 bridgehead atoms. The van der Waals surface area contributed by atoms with Gasteiger partial charge in [-0.1, -0.05) is 0 Å². The highest BCUT2D eigenvalue weighted by atomic mass is 19.4. The molecule has 0 amide bonds. The van der Waals surface area contributed by atoms with Crippen LogP contribution in [0.15, 0.2) is 24.3 Å².